The number of carbonyl (C=O) groups is 1. The highest BCUT2D eigenvalue weighted by atomic mass is 32.2. The van der Waals surface area contributed by atoms with Crippen molar-refractivity contribution < 1.29 is 4.79 Å². The van der Waals surface area contributed by atoms with Crippen LogP contribution in [0.3, 0.4) is 0 Å². The van der Waals surface area contributed by atoms with E-state index < -0.39 is 0 Å². The second kappa shape index (κ2) is 7.44. The van der Waals surface area contributed by atoms with Gasteiger partial charge in [-0.15, -0.1) is 0 Å². The van der Waals surface area contributed by atoms with Crippen molar-refractivity contribution >= 4 is 29.1 Å². The van der Waals surface area contributed by atoms with Crippen molar-refractivity contribution in [3.8, 4) is 0 Å². The molecule has 0 saturated carbocycles. The lowest BCUT2D eigenvalue weighted by molar-refractivity contribution is 0.102. The molecule has 1 N–H and O–H groups in total. The third-order valence-corrected chi connectivity index (χ3v) is 5.64. The van der Waals surface area contributed by atoms with Gasteiger partial charge in [-0.3, -0.25) is 4.79 Å². The van der Waals surface area contributed by atoms with Crippen LogP contribution in [-0.4, -0.2) is 25.5 Å². The molecule has 0 atom stereocenters. The molecule has 0 unspecified atom stereocenters. The van der Waals surface area contributed by atoms with Crippen LogP contribution in [0.1, 0.15) is 27.2 Å². The number of hydrogen-bond acceptors (Lipinski definition) is 5. The summed E-state index contributed by atoms with van der Waals surface area (Å²) in [5.41, 5.74) is 4.46. The molecule has 0 saturated heterocycles. The monoisotopic (exact) mass is 389 g/mol. The van der Waals surface area contributed by atoms with E-state index in [0.717, 1.165) is 32.4 Å². The Hall–Kier alpha value is -3.19. The predicted octanol–water partition coefficient (Wildman–Crippen LogP) is 4.45. The smallest absolute Gasteiger partial charge is 0.255 e. The Balaban J connectivity index is 1.54. The highest BCUT2D eigenvalue weighted by Crippen LogP contribution is 2.31. The molecule has 0 fully saturated rings. The minimum absolute atomic E-state index is 0.117. The number of anilines is 1. The van der Waals surface area contributed by atoms with Gasteiger partial charge in [-0.25, -0.2) is 4.98 Å². The number of benzene rings is 2. The molecule has 6 nitrogen and oxygen atoms in total. The van der Waals surface area contributed by atoms with Gasteiger partial charge in [0.2, 0.25) is 0 Å². The summed E-state index contributed by atoms with van der Waals surface area (Å²) in [6.07, 6.45) is 1.51. The molecule has 0 aliphatic carbocycles. The van der Waals surface area contributed by atoms with Crippen molar-refractivity contribution in [3.63, 3.8) is 0 Å². The average molecular weight is 389 g/mol. The Labute approximate surface area is 167 Å². The molecule has 2 heterocycles. The molecule has 28 heavy (non-hydrogen) atoms. The minimum atomic E-state index is -0.117. The first-order valence-electron chi connectivity index (χ1n) is 8.84. The van der Waals surface area contributed by atoms with Crippen molar-refractivity contribution in [1.29, 1.82) is 0 Å². The Morgan fingerprint density at radius 2 is 1.86 bits per heavy atom. The van der Waals surface area contributed by atoms with Crippen molar-refractivity contribution in [2.45, 2.75) is 30.7 Å². The summed E-state index contributed by atoms with van der Waals surface area (Å²) in [6, 6.07) is 15.3. The zero-order valence-electron chi connectivity index (χ0n) is 15.8. The van der Waals surface area contributed by atoms with E-state index in [4.69, 9.17) is 0 Å². The van der Waals surface area contributed by atoms with Gasteiger partial charge < -0.3 is 5.32 Å². The van der Waals surface area contributed by atoms with Gasteiger partial charge in [0.05, 0.1) is 0 Å². The molecule has 2 aromatic heterocycles. The molecule has 2 aromatic carbocycles. The van der Waals surface area contributed by atoms with Crippen molar-refractivity contribution in [1.82, 2.24) is 19.6 Å². The fourth-order valence-corrected chi connectivity index (χ4v) is 3.84. The van der Waals surface area contributed by atoms with E-state index in [0.29, 0.717) is 11.3 Å². The molecule has 140 valence electrons. The number of amides is 1. The number of rotatable bonds is 4. The molecule has 4 rings (SSSR count). The number of hydrogen-bond donors (Lipinski definition) is 1. The highest BCUT2D eigenvalue weighted by Gasteiger charge is 2.13. The molecule has 0 aliphatic rings. The van der Waals surface area contributed by atoms with Gasteiger partial charge in [0.1, 0.15) is 11.4 Å². The van der Waals surface area contributed by atoms with Gasteiger partial charge in [-0.2, -0.15) is 14.6 Å². The lowest BCUT2D eigenvalue weighted by Crippen LogP contribution is -2.11. The number of aromatic nitrogens is 4. The molecule has 0 aliphatic heterocycles. The van der Waals surface area contributed by atoms with E-state index in [1.54, 1.807) is 16.3 Å². The maximum atomic E-state index is 12.4. The topological polar surface area (TPSA) is 72.2 Å². The predicted molar refractivity (Wildman–Crippen MR) is 110 cm³/mol. The first kappa shape index (κ1) is 18.2. The molecule has 0 radical (unpaired) electrons. The van der Waals surface area contributed by atoms with Crippen LogP contribution >= 0.6 is 11.8 Å². The van der Waals surface area contributed by atoms with Gasteiger partial charge in [0, 0.05) is 27.4 Å². The molecule has 0 spiro atoms. The molecule has 1 amide bonds. The summed E-state index contributed by atoms with van der Waals surface area (Å²) >= 11 is 1.60. The Morgan fingerprint density at radius 3 is 2.61 bits per heavy atom. The SMILES string of the molecule is Cc1cccc(C(=O)Nc2ccc(Sc3c(C)c(C)nc4ncnn34)cc2)c1. The second-order valence-electron chi connectivity index (χ2n) is 6.55. The van der Waals surface area contributed by atoms with Crippen LogP contribution in [0.15, 0.2) is 64.8 Å². The maximum Gasteiger partial charge on any atom is 0.255 e. The molecule has 0 bridgehead atoms. The fourth-order valence-electron chi connectivity index (χ4n) is 2.83. The van der Waals surface area contributed by atoms with Crippen molar-refractivity contribution in [3.05, 3.63) is 77.2 Å². The van der Waals surface area contributed by atoms with Crippen LogP contribution in [0.25, 0.3) is 5.78 Å². The third-order valence-electron chi connectivity index (χ3n) is 4.46. The molecular weight excluding hydrogens is 370 g/mol. The first-order chi connectivity index (χ1) is 13.5. The molecular formula is C21H19N5OS. The first-order valence-corrected chi connectivity index (χ1v) is 9.66. The number of carbonyl (C=O) groups excluding carboxylic acids is 1. The number of nitrogens with one attached hydrogen (secondary N) is 1. The van der Waals surface area contributed by atoms with Crippen LogP contribution in [-0.2, 0) is 0 Å². The van der Waals surface area contributed by atoms with Crippen LogP contribution in [0.2, 0.25) is 0 Å². The Morgan fingerprint density at radius 1 is 1.07 bits per heavy atom. The van der Waals surface area contributed by atoms with Gasteiger partial charge >= 0.3 is 0 Å². The van der Waals surface area contributed by atoms with Crippen molar-refractivity contribution in [2.24, 2.45) is 0 Å². The summed E-state index contributed by atoms with van der Waals surface area (Å²) < 4.78 is 1.75. The van der Waals surface area contributed by atoms with Gasteiger partial charge in [0.25, 0.3) is 11.7 Å². The van der Waals surface area contributed by atoms with E-state index in [9.17, 15) is 4.79 Å². The summed E-state index contributed by atoms with van der Waals surface area (Å²) in [5, 5.41) is 8.20. The summed E-state index contributed by atoms with van der Waals surface area (Å²) in [6.45, 7) is 5.97. The van der Waals surface area contributed by atoms with Crippen LogP contribution in [0.5, 0.6) is 0 Å². The minimum Gasteiger partial charge on any atom is -0.322 e. The Kier molecular flexibility index (Phi) is 4.83. The fraction of sp³-hybridized carbons (Fsp3) is 0.143. The maximum absolute atomic E-state index is 12.4. The standard InChI is InChI=1S/C21H19N5OS/c1-13-5-4-6-16(11-13)19(27)25-17-7-9-18(10-8-17)28-20-14(2)15(3)24-21-22-12-23-26(20)21/h4-12H,1-3H3,(H,25,27). The average Bonchev–Trinajstić information content (AvgIpc) is 3.14. The lowest BCUT2D eigenvalue weighted by atomic mass is 10.1. The summed E-state index contributed by atoms with van der Waals surface area (Å²) in [5.74, 6) is 0.474. The normalized spacial score (nSPS) is 11.0. The van der Waals surface area contributed by atoms with E-state index in [-0.39, 0.29) is 5.91 Å². The van der Waals surface area contributed by atoms with Crippen LogP contribution in [0, 0.1) is 20.8 Å². The summed E-state index contributed by atoms with van der Waals surface area (Å²) in [7, 11) is 0. The number of nitrogens with zero attached hydrogens (tertiary/aromatic N) is 4. The second-order valence-corrected chi connectivity index (χ2v) is 7.61. The molecule has 4 aromatic rings. The summed E-state index contributed by atoms with van der Waals surface area (Å²) in [4.78, 5) is 22.1. The number of fused-ring (bicyclic) bond motifs is 1. The quantitative estimate of drug-likeness (QED) is 0.522. The largest absolute Gasteiger partial charge is 0.322 e. The zero-order valence-corrected chi connectivity index (χ0v) is 16.6. The van der Waals surface area contributed by atoms with E-state index in [1.807, 2.05) is 69.3 Å². The highest BCUT2D eigenvalue weighted by molar-refractivity contribution is 7.99. The van der Waals surface area contributed by atoms with Crippen LogP contribution in [0.4, 0.5) is 5.69 Å². The van der Waals surface area contributed by atoms with Gasteiger partial charge in [-0.05, 0) is 57.2 Å². The van der Waals surface area contributed by atoms with E-state index >= 15 is 0 Å². The van der Waals surface area contributed by atoms with Crippen LogP contribution < -0.4 is 5.32 Å². The van der Waals surface area contributed by atoms with E-state index in [2.05, 4.69) is 20.4 Å². The van der Waals surface area contributed by atoms with Gasteiger partial charge in [0.15, 0.2) is 0 Å². The Bertz CT molecular complexity index is 1170. The zero-order chi connectivity index (χ0) is 19.7. The number of aryl methyl sites for hydroxylation is 2. The third kappa shape index (κ3) is 3.61. The molecule has 7 heteroatoms. The van der Waals surface area contributed by atoms with Crippen molar-refractivity contribution in [2.75, 3.05) is 5.32 Å². The van der Waals surface area contributed by atoms with Gasteiger partial charge in [-0.1, -0.05) is 29.5 Å². The van der Waals surface area contributed by atoms with E-state index in [1.165, 1.54) is 6.33 Å². The lowest BCUT2D eigenvalue weighted by Gasteiger charge is -2.10.